The summed E-state index contributed by atoms with van der Waals surface area (Å²) in [5.41, 5.74) is 0.838. The molecule has 154 valence electrons. The van der Waals surface area contributed by atoms with Gasteiger partial charge in [-0.1, -0.05) is 11.6 Å². The lowest BCUT2D eigenvalue weighted by Crippen LogP contribution is -2.55. The molecule has 30 heavy (non-hydrogen) atoms. The molecule has 2 aromatic carbocycles. The first-order valence-electron chi connectivity index (χ1n) is 9.24. The number of halogens is 2. The number of hydrogen-bond acceptors (Lipinski definition) is 5. The largest absolute Gasteiger partial charge is 0.480 e. The molecule has 1 aromatic heterocycles. The Kier molecular flexibility index (Phi) is 5.03. The number of likely N-dealkylation sites (tertiary alicyclic amines) is 1. The van der Waals surface area contributed by atoms with Crippen LogP contribution in [0.25, 0.3) is 22.3 Å². The Morgan fingerprint density at radius 1 is 1.20 bits per heavy atom. The van der Waals surface area contributed by atoms with E-state index in [2.05, 4.69) is 9.97 Å². The highest BCUT2D eigenvalue weighted by molar-refractivity contribution is 6.31. The highest BCUT2D eigenvalue weighted by Gasteiger charge is 2.38. The molecule has 0 radical (unpaired) electrons. The van der Waals surface area contributed by atoms with Gasteiger partial charge in [0.2, 0.25) is 0 Å². The predicted molar refractivity (Wildman–Crippen MR) is 111 cm³/mol. The van der Waals surface area contributed by atoms with Crippen LogP contribution < -0.4 is 4.90 Å². The summed E-state index contributed by atoms with van der Waals surface area (Å²) in [6.45, 7) is 0.335. The van der Waals surface area contributed by atoms with Crippen molar-refractivity contribution in [3.8, 4) is 11.4 Å². The highest BCUT2D eigenvalue weighted by Crippen LogP contribution is 2.30. The number of carboxylic acid groups (broad SMARTS) is 1. The van der Waals surface area contributed by atoms with E-state index >= 15 is 0 Å². The van der Waals surface area contributed by atoms with E-state index in [1.165, 1.54) is 17.0 Å². The van der Waals surface area contributed by atoms with Crippen molar-refractivity contribution in [3.05, 3.63) is 52.8 Å². The van der Waals surface area contributed by atoms with Crippen LogP contribution in [0, 0.1) is 5.82 Å². The van der Waals surface area contributed by atoms with E-state index in [9.17, 15) is 14.0 Å². The predicted octanol–water partition coefficient (Wildman–Crippen LogP) is 3.45. The van der Waals surface area contributed by atoms with Crippen molar-refractivity contribution >= 4 is 40.2 Å². The third-order valence-electron chi connectivity index (χ3n) is 5.08. The maximum absolute atomic E-state index is 14.9. The van der Waals surface area contributed by atoms with E-state index < -0.39 is 23.7 Å². The van der Waals surface area contributed by atoms with Crippen LogP contribution in [0.4, 0.5) is 10.2 Å². The summed E-state index contributed by atoms with van der Waals surface area (Å²) in [7, 11) is 3.63. The Labute approximate surface area is 176 Å². The average molecular weight is 429 g/mol. The Morgan fingerprint density at radius 3 is 2.57 bits per heavy atom. The van der Waals surface area contributed by atoms with Gasteiger partial charge >= 0.3 is 5.97 Å². The van der Waals surface area contributed by atoms with Gasteiger partial charge in [-0.3, -0.25) is 4.79 Å². The van der Waals surface area contributed by atoms with Crippen molar-refractivity contribution in [3.63, 3.8) is 0 Å². The quantitative estimate of drug-likeness (QED) is 0.685. The molecule has 1 N–H and O–H groups in total. The number of carbonyl (C=O) groups excluding carboxylic acids is 1. The minimum atomic E-state index is -1.06. The molecule has 0 bridgehead atoms. The number of aromatic nitrogens is 2. The van der Waals surface area contributed by atoms with Crippen LogP contribution in [-0.4, -0.2) is 58.5 Å². The van der Waals surface area contributed by atoms with E-state index in [4.69, 9.17) is 16.7 Å². The number of aliphatic carboxylic acids is 1. The minimum Gasteiger partial charge on any atom is -0.480 e. The van der Waals surface area contributed by atoms with Crippen molar-refractivity contribution in [2.75, 3.05) is 25.5 Å². The minimum absolute atomic E-state index is 0.0857. The van der Waals surface area contributed by atoms with Gasteiger partial charge in [-0.2, -0.15) is 0 Å². The Bertz CT molecular complexity index is 1180. The molecule has 0 spiro atoms. The molecule has 1 fully saturated rings. The molecule has 1 atom stereocenters. The number of hydrogen-bond donors (Lipinski definition) is 1. The van der Waals surface area contributed by atoms with Crippen molar-refractivity contribution in [2.24, 2.45) is 0 Å². The Morgan fingerprint density at radius 2 is 1.97 bits per heavy atom. The van der Waals surface area contributed by atoms with Gasteiger partial charge in [0.1, 0.15) is 17.7 Å². The molecule has 7 nitrogen and oxygen atoms in total. The van der Waals surface area contributed by atoms with Gasteiger partial charge in [-0.15, -0.1) is 0 Å². The number of benzene rings is 2. The molecular weight excluding hydrogens is 411 g/mol. The van der Waals surface area contributed by atoms with Gasteiger partial charge in [-0.25, -0.2) is 19.2 Å². The third-order valence-corrected chi connectivity index (χ3v) is 5.32. The van der Waals surface area contributed by atoms with Gasteiger partial charge in [0.15, 0.2) is 5.82 Å². The lowest BCUT2D eigenvalue weighted by Gasteiger charge is -2.37. The fourth-order valence-electron chi connectivity index (χ4n) is 3.43. The standard InChI is InChI=1S/C21H18ClFN4O3/c1-26(2)19-14-10-12(22)4-6-16(14)24-18(25-19)13-5-3-11(9-15(13)23)20(28)27-8-7-17(27)21(29)30/h3-6,9-10,17H,7-8H2,1-2H3,(H,29,30). The van der Waals surface area contributed by atoms with E-state index in [0.29, 0.717) is 29.3 Å². The highest BCUT2D eigenvalue weighted by atomic mass is 35.5. The number of anilines is 1. The Balaban J connectivity index is 1.73. The van der Waals surface area contributed by atoms with Crippen LogP contribution >= 0.6 is 11.6 Å². The van der Waals surface area contributed by atoms with Crippen LogP contribution in [0.15, 0.2) is 36.4 Å². The first kappa shape index (κ1) is 20.0. The molecule has 3 aromatic rings. The van der Waals surface area contributed by atoms with Crippen molar-refractivity contribution in [2.45, 2.75) is 12.5 Å². The zero-order chi connectivity index (χ0) is 21.6. The second-order valence-corrected chi connectivity index (χ2v) is 7.70. The molecule has 4 rings (SSSR count). The van der Waals surface area contributed by atoms with Gasteiger partial charge in [0.25, 0.3) is 5.91 Å². The van der Waals surface area contributed by atoms with E-state index in [1.807, 2.05) is 14.1 Å². The summed E-state index contributed by atoms with van der Waals surface area (Å²) in [5.74, 6) is -1.47. The first-order chi connectivity index (χ1) is 14.3. The summed E-state index contributed by atoms with van der Waals surface area (Å²) < 4.78 is 14.9. The van der Waals surface area contributed by atoms with E-state index in [-0.39, 0.29) is 17.0 Å². The van der Waals surface area contributed by atoms with Gasteiger partial charge < -0.3 is 14.9 Å². The van der Waals surface area contributed by atoms with Gasteiger partial charge in [0.05, 0.1) is 11.1 Å². The second kappa shape index (κ2) is 7.53. The number of carbonyl (C=O) groups is 2. The number of amides is 1. The van der Waals surface area contributed by atoms with Crippen LogP contribution in [0.1, 0.15) is 16.8 Å². The lowest BCUT2D eigenvalue weighted by atomic mass is 10.0. The van der Waals surface area contributed by atoms with Crippen LogP contribution in [0.3, 0.4) is 0 Å². The van der Waals surface area contributed by atoms with Crippen molar-refractivity contribution in [1.82, 2.24) is 14.9 Å². The molecule has 1 amide bonds. The summed E-state index contributed by atoms with van der Waals surface area (Å²) in [6, 6.07) is 8.32. The molecule has 1 saturated heterocycles. The maximum atomic E-state index is 14.9. The molecular formula is C21H18ClFN4O3. The number of carboxylic acids is 1. The molecule has 0 saturated carbocycles. The van der Waals surface area contributed by atoms with Gasteiger partial charge in [-0.05, 0) is 42.8 Å². The van der Waals surface area contributed by atoms with Crippen molar-refractivity contribution in [1.29, 1.82) is 0 Å². The first-order valence-corrected chi connectivity index (χ1v) is 9.62. The summed E-state index contributed by atoms with van der Waals surface area (Å²) >= 11 is 6.09. The molecule has 0 aliphatic carbocycles. The zero-order valence-corrected chi connectivity index (χ0v) is 17.0. The lowest BCUT2D eigenvalue weighted by molar-refractivity contribution is -0.146. The number of rotatable bonds is 4. The summed E-state index contributed by atoms with van der Waals surface area (Å²) in [4.78, 5) is 35.6. The van der Waals surface area contributed by atoms with Crippen LogP contribution in [0.5, 0.6) is 0 Å². The zero-order valence-electron chi connectivity index (χ0n) is 16.3. The van der Waals surface area contributed by atoms with Gasteiger partial charge in [0, 0.05) is 36.6 Å². The Hall–Kier alpha value is -3.26. The number of nitrogens with zero attached hydrogens (tertiary/aromatic N) is 4. The summed E-state index contributed by atoms with van der Waals surface area (Å²) in [6.07, 6.45) is 0.393. The third kappa shape index (κ3) is 3.43. The normalized spacial score (nSPS) is 15.7. The monoisotopic (exact) mass is 428 g/mol. The topological polar surface area (TPSA) is 86.6 Å². The molecule has 2 heterocycles. The summed E-state index contributed by atoms with van der Waals surface area (Å²) in [5, 5.41) is 10.4. The van der Waals surface area contributed by atoms with Crippen molar-refractivity contribution < 1.29 is 19.1 Å². The van der Waals surface area contributed by atoms with E-state index in [0.717, 1.165) is 11.5 Å². The second-order valence-electron chi connectivity index (χ2n) is 7.26. The molecule has 9 heteroatoms. The fraction of sp³-hybridized carbons (Fsp3) is 0.238. The van der Waals surface area contributed by atoms with Crippen LogP contribution in [0.2, 0.25) is 5.02 Å². The number of fused-ring (bicyclic) bond motifs is 1. The smallest absolute Gasteiger partial charge is 0.326 e. The molecule has 1 aliphatic heterocycles. The molecule has 1 aliphatic rings. The SMILES string of the molecule is CN(C)c1nc(-c2ccc(C(=O)N3CCC3C(=O)O)cc2F)nc2ccc(Cl)cc12. The van der Waals surface area contributed by atoms with E-state index in [1.54, 1.807) is 23.1 Å². The van der Waals surface area contributed by atoms with Crippen LogP contribution in [-0.2, 0) is 4.79 Å². The maximum Gasteiger partial charge on any atom is 0.326 e. The fourth-order valence-corrected chi connectivity index (χ4v) is 3.60. The average Bonchev–Trinajstić information content (AvgIpc) is 2.65. The molecule has 1 unspecified atom stereocenters.